The Morgan fingerprint density at radius 2 is 1.56 bits per heavy atom. The second kappa shape index (κ2) is 7.16. The summed E-state index contributed by atoms with van der Waals surface area (Å²) in [6.07, 6.45) is 9.70. The first-order chi connectivity index (χ1) is 15.9. The summed E-state index contributed by atoms with van der Waals surface area (Å²) in [6.45, 7) is 11.5. The molecule has 0 saturated carbocycles. The van der Waals surface area contributed by atoms with Crippen molar-refractivity contribution in [2.75, 3.05) is 0 Å². The van der Waals surface area contributed by atoms with Gasteiger partial charge in [-0.05, 0) is 66.2 Å². The monoisotopic (exact) mass is 460 g/mol. The van der Waals surface area contributed by atoms with Crippen LogP contribution in [-0.2, 0) is 6.42 Å². The van der Waals surface area contributed by atoms with Gasteiger partial charge in [0.25, 0.3) is 0 Å². The summed E-state index contributed by atoms with van der Waals surface area (Å²) in [5, 5.41) is 22.3. The van der Waals surface area contributed by atoms with E-state index in [1.54, 1.807) is 12.2 Å². The number of rotatable bonds is 2. The van der Waals surface area contributed by atoms with Gasteiger partial charge >= 0.3 is 0 Å². The maximum atomic E-state index is 13.9. The van der Waals surface area contributed by atoms with E-state index in [1.807, 2.05) is 59.8 Å². The molecule has 0 spiro atoms. The van der Waals surface area contributed by atoms with Crippen molar-refractivity contribution < 1.29 is 24.1 Å². The van der Waals surface area contributed by atoms with Gasteiger partial charge in [-0.25, -0.2) is 0 Å². The first-order valence-corrected chi connectivity index (χ1v) is 11.3. The number of phenolic OH excluding ortho intramolecular Hbond substituents is 2. The molecule has 3 aromatic rings. The van der Waals surface area contributed by atoms with Gasteiger partial charge in [0.1, 0.15) is 39.3 Å². The summed E-state index contributed by atoms with van der Waals surface area (Å²) in [6, 6.07) is 1.40. The van der Waals surface area contributed by atoms with Gasteiger partial charge < -0.3 is 24.1 Å². The van der Waals surface area contributed by atoms with E-state index >= 15 is 0 Å². The molecule has 2 aromatic carbocycles. The van der Waals surface area contributed by atoms with Gasteiger partial charge in [-0.15, -0.1) is 0 Å². The van der Waals surface area contributed by atoms with E-state index in [-0.39, 0.29) is 39.2 Å². The van der Waals surface area contributed by atoms with Crippen molar-refractivity contribution in [2.24, 2.45) is 0 Å². The number of allylic oxidation sites excluding steroid dienone is 2. The number of hydrogen-bond acceptors (Lipinski definition) is 6. The van der Waals surface area contributed by atoms with Crippen LogP contribution in [0.5, 0.6) is 23.0 Å². The molecule has 2 N–H and O–H groups in total. The zero-order valence-corrected chi connectivity index (χ0v) is 20.2. The minimum absolute atomic E-state index is 0.0856. The number of hydrogen-bond donors (Lipinski definition) is 2. The first kappa shape index (κ1) is 22.1. The zero-order valence-electron chi connectivity index (χ0n) is 20.2. The van der Waals surface area contributed by atoms with Crippen molar-refractivity contribution in [3.05, 3.63) is 56.8 Å². The fourth-order valence-electron chi connectivity index (χ4n) is 4.48. The SMILES string of the molecule is CC(C)=CCc1c2c(c(O)c3c(=O)c4c5c(c(O)cc4oc13)OC(C)(C)C=C5)C=CC(C)(C)O2. The summed E-state index contributed by atoms with van der Waals surface area (Å²) in [5.41, 5.74) is 1.50. The highest BCUT2D eigenvalue weighted by Crippen LogP contribution is 2.47. The standard InChI is InChI=1S/C28H28O6/c1-14(2)7-8-17-24-16(10-12-27(3,4)33-24)22(30)21-23(31)20-15-9-11-28(5,6)34-25(15)18(29)13-19(20)32-26(17)21/h7,9-13,29-30H,8H2,1-6H3. The third-order valence-electron chi connectivity index (χ3n) is 6.19. The molecule has 0 unspecified atom stereocenters. The lowest BCUT2D eigenvalue weighted by atomic mass is 9.93. The second-order valence-corrected chi connectivity index (χ2v) is 10.3. The number of phenols is 2. The van der Waals surface area contributed by atoms with Gasteiger partial charge in [-0.2, -0.15) is 0 Å². The molecule has 6 nitrogen and oxygen atoms in total. The van der Waals surface area contributed by atoms with E-state index in [0.29, 0.717) is 28.9 Å². The third kappa shape index (κ3) is 3.36. The minimum Gasteiger partial charge on any atom is -0.506 e. The molecule has 0 amide bonds. The maximum Gasteiger partial charge on any atom is 0.205 e. The van der Waals surface area contributed by atoms with Crippen LogP contribution < -0.4 is 14.9 Å². The van der Waals surface area contributed by atoms with Crippen LogP contribution in [0.15, 0.2) is 39.1 Å². The smallest absolute Gasteiger partial charge is 0.205 e. The van der Waals surface area contributed by atoms with Crippen LogP contribution in [0.1, 0.15) is 58.2 Å². The third-order valence-corrected chi connectivity index (χ3v) is 6.19. The van der Waals surface area contributed by atoms with E-state index < -0.39 is 16.6 Å². The average Bonchev–Trinajstić information content (AvgIpc) is 2.72. The molecule has 5 rings (SSSR count). The van der Waals surface area contributed by atoms with Crippen molar-refractivity contribution in [3.8, 4) is 23.0 Å². The molecule has 0 bridgehead atoms. The van der Waals surface area contributed by atoms with Crippen molar-refractivity contribution >= 4 is 34.1 Å². The zero-order chi connectivity index (χ0) is 24.6. The highest BCUT2D eigenvalue weighted by molar-refractivity contribution is 6.03. The molecule has 176 valence electrons. The molecule has 0 fully saturated rings. The number of ether oxygens (including phenoxy) is 2. The molecule has 6 heteroatoms. The molecule has 0 radical (unpaired) electrons. The molecule has 34 heavy (non-hydrogen) atoms. The van der Waals surface area contributed by atoms with Crippen molar-refractivity contribution in [3.63, 3.8) is 0 Å². The quantitative estimate of drug-likeness (QED) is 0.348. The van der Waals surface area contributed by atoms with Crippen LogP contribution in [0.4, 0.5) is 0 Å². The Kier molecular flexibility index (Phi) is 4.66. The summed E-state index contributed by atoms with van der Waals surface area (Å²) >= 11 is 0. The van der Waals surface area contributed by atoms with Crippen LogP contribution in [0.25, 0.3) is 34.1 Å². The van der Waals surface area contributed by atoms with Gasteiger partial charge in [0, 0.05) is 17.2 Å². The normalized spacial score (nSPS) is 17.1. The van der Waals surface area contributed by atoms with E-state index in [9.17, 15) is 15.0 Å². The minimum atomic E-state index is -0.636. The van der Waals surface area contributed by atoms with Crippen LogP contribution in [0, 0.1) is 0 Å². The number of fused-ring (bicyclic) bond motifs is 5. The Morgan fingerprint density at radius 1 is 0.941 bits per heavy atom. The van der Waals surface area contributed by atoms with Crippen molar-refractivity contribution in [1.82, 2.24) is 0 Å². The summed E-state index contributed by atoms with van der Waals surface area (Å²) in [5.74, 6) is 0.412. The first-order valence-electron chi connectivity index (χ1n) is 11.3. The molecule has 0 atom stereocenters. The predicted octanol–water partition coefficient (Wildman–Crippen LogP) is 6.23. The highest BCUT2D eigenvalue weighted by atomic mass is 16.5. The van der Waals surface area contributed by atoms with Crippen LogP contribution >= 0.6 is 0 Å². The molecule has 1 aromatic heterocycles. The maximum absolute atomic E-state index is 13.9. The van der Waals surface area contributed by atoms with Gasteiger partial charge in [-0.3, -0.25) is 4.79 Å². The number of aromatic hydroxyl groups is 2. The summed E-state index contributed by atoms with van der Waals surface area (Å²) in [4.78, 5) is 13.9. The second-order valence-electron chi connectivity index (χ2n) is 10.3. The Morgan fingerprint density at radius 3 is 2.21 bits per heavy atom. The van der Waals surface area contributed by atoms with Crippen LogP contribution in [0.3, 0.4) is 0 Å². The molecule has 3 heterocycles. The average molecular weight is 461 g/mol. The largest absolute Gasteiger partial charge is 0.506 e. The highest BCUT2D eigenvalue weighted by Gasteiger charge is 2.32. The van der Waals surface area contributed by atoms with Gasteiger partial charge in [0.05, 0.1) is 10.9 Å². The lowest BCUT2D eigenvalue weighted by Gasteiger charge is -2.30. The lowest BCUT2D eigenvalue weighted by Crippen LogP contribution is -2.28. The van der Waals surface area contributed by atoms with Gasteiger partial charge in [0.2, 0.25) is 5.43 Å². The summed E-state index contributed by atoms with van der Waals surface area (Å²) in [7, 11) is 0. The lowest BCUT2D eigenvalue weighted by molar-refractivity contribution is 0.153. The van der Waals surface area contributed by atoms with E-state index in [2.05, 4.69) is 0 Å². The molecule has 2 aliphatic rings. The molecule has 2 aliphatic heterocycles. The molecule has 0 aliphatic carbocycles. The van der Waals surface area contributed by atoms with E-state index in [0.717, 1.165) is 5.57 Å². The molecule has 0 saturated heterocycles. The Balaban J connectivity index is 1.94. The van der Waals surface area contributed by atoms with Crippen LogP contribution in [0.2, 0.25) is 0 Å². The molecular weight excluding hydrogens is 432 g/mol. The molecular formula is C28H28O6. The predicted molar refractivity (Wildman–Crippen MR) is 134 cm³/mol. The van der Waals surface area contributed by atoms with Gasteiger partial charge in [-0.1, -0.05) is 17.7 Å². The van der Waals surface area contributed by atoms with Gasteiger partial charge in [0.15, 0.2) is 11.5 Å². The topological polar surface area (TPSA) is 89.1 Å². The fraction of sp³-hybridized carbons (Fsp3) is 0.321. The fourth-order valence-corrected chi connectivity index (χ4v) is 4.48. The van der Waals surface area contributed by atoms with Crippen molar-refractivity contribution in [2.45, 2.75) is 59.2 Å². The Labute approximate surface area is 197 Å². The Bertz CT molecular complexity index is 1520. The van der Waals surface area contributed by atoms with E-state index in [1.165, 1.54) is 6.07 Å². The number of benzene rings is 2. The summed E-state index contributed by atoms with van der Waals surface area (Å²) < 4.78 is 18.4. The van der Waals surface area contributed by atoms with Crippen molar-refractivity contribution in [1.29, 1.82) is 0 Å². The van der Waals surface area contributed by atoms with Crippen LogP contribution in [-0.4, -0.2) is 21.4 Å². The Hall–Kier alpha value is -3.67. The van der Waals surface area contributed by atoms with E-state index in [4.69, 9.17) is 13.9 Å².